The van der Waals surface area contributed by atoms with Crippen LogP contribution in [0.2, 0.25) is 0 Å². The number of nitrogens with zero attached hydrogens (tertiary/aromatic N) is 2. The van der Waals surface area contributed by atoms with Gasteiger partial charge >= 0.3 is 6.09 Å². The van der Waals surface area contributed by atoms with Gasteiger partial charge in [-0.15, -0.1) is 0 Å². The number of hydrogen-bond donors (Lipinski definition) is 1. The molecule has 0 spiro atoms. The summed E-state index contributed by atoms with van der Waals surface area (Å²) in [5.41, 5.74) is 2.95. The van der Waals surface area contributed by atoms with E-state index in [-0.39, 0.29) is 17.4 Å². The van der Waals surface area contributed by atoms with Gasteiger partial charge in [0.25, 0.3) is 5.17 Å². The van der Waals surface area contributed by atoms with Crippen LogP contribution in [0.4, 0.5) is 10.5 Å². The average Bonchev–Trinajstić information content (AvgIpc) is 3.01. The minimum Gasteiger partial charge on any atom is -0.474 e. The fourth-order valence-corrected chi connectivity index (χ4v) is 2.57. The first kappa shape index (κ1) is 16.2. The summed E-state index contributed by atoms with van der Waals surface area (Å²) in [6.07, 6.45) is 2.87. The van der Waals surface area contributed by atoms with Crippen molar-refractivity contribution in [3.8, 4) is 11.1 Å². The molecule has 3 rings (SSSR count). The van der Waals surface area contributed by atoms with Crippen LogP contribution >= 0.6 is 12.2 Å². The van der Waals surface area contributed by atoms with Crippen molar-refractivity contribution in [3.05, 3.63) is 48.8 Å². The lowest BCUT2D eigenvalue weighted by Gasteiger charge is -2.14. The summed E-state index contributed by atoms with van der Waals surface area (Å²) in [6.45, 7) is 0.886. The van der Waals surface area contributed by atoms with Crippen LogP contribution in [0.5, 0.6) is 0 Å². The van der Waals surface area contributed by atoms with Gasteiger partial charge < -0.3 is 14.8 Å². The fourth-order valence-electron chi connectivity index (χ4n) is 2.49. The van der Waals surface area contributed by atoms with Crippen LogP contribution in [0.25, 0.3) is 11.1 Å². The van der Waals surface area contributed by atoms with Gasteiger partial charge in [0.15, 0.2) is 0 Å². The standard InChI is InChI=1S/C17H17N3O3S/c1-22-16(24)19-10-15-11-20(17(21)23-15)14-4-2-12(3-5-14)13-6-8-18-9-7-13/h2-9,15H,10-11H2,1H3,(H,19,24)/t15-/m0/s1. The number of ether oxygens (including phenoxy) is 2. The maximum absolute atomic E-state index is 12.1. The van der Waals surface area contributed by atoms with Crippen molar-refractivity contribution in [1.82, 2.24) is 10.3 Å². The van der Waals surface area contributed by atoms with E-state index in [4.69, 9.17) is 21.7 Å². The molecular formula is C17H17N3O3S. The highest BCUT2D eigenvalue weighted by atomic mass is 32.1. The summed E-state index contributed by atoms with van der Waals surface area (Å²) < 4.78 is 10.2. The lowest BCUT2D eigenvalue weighted by molar-refractivity contribution is 0.142. The number of methoxy groups -OCH3 is 1. The first-order chi connectivity index (χ1) is 11.7. The highest BCUT2D eigenvalue weighted by Crippen LogP contribution is 2.25. The number of pyridine rings is 1. The zero-order chi connectivity index (χ0) is 16.9. The molecule has 1 aliphatic heterocycles. The number of nitrogens with one attached hydrogen (secondary N) is 1. The molecule has 1 amide bonds. The Morgan fingerprint density at radius 3 is 2.62 bits per heavy atom. The predicted octanol–water partition coefficient (Wildman–Crippen LogP) is 2.59. The zero-order valence-corrected chi connectivity index (χ0v) is 14.0. The molecule has 6 nitrogen and oxygen atoms in total. The Kier molecular flexibility index (Phi) is 4.90. The molecule has 1 atom stereocenters. The molecule has 2 heterocycles. The summed E-state index contributed by atoms with van der Waals surface area (Å²) in [6, 6.07) is 11.7. The highest BCUT2D eigenvalue weighted by Gasteiger charge is 2.32. The van der Waals surface area contributed by atoms with Crippen molar-refractivity contribution in [2.75, 3.05) is 25.1 Å². The second-order valence-corrected chi connectivity index (χ2v) is 5.64. The third-order valence-corrected chi connectivity index (χ3v) is 4.04. The number of cyclic esters (lactones) is 1. The van der Waals surface area contributed by atoms with E-state index < -0.39 is 0 Å². The molecule has 2 aromatic rings. The monoisotopic (exact) mass is 343 g/mol. The number of hydrogen-bond acceptors (Lipinski definition) is 5. The molecule has 0 aliphatic carbocycles. The van der Waals surface area contributed by atoms with Crippen molar-refractivity contribution in [2.45, 2.75) is 6.10 Å². The van der Waals surface area contributed by atoms with Crippen LogP contribution in [-0.4, -0.2) is 42.6 Å². The lowest BCUT2D eigenvalue weighted by atomic mass is 10.1. The summed E-state index contributed by atoms with van der Waals surface area (Å²) in [5, 5.41) is 3.18. The Bertz CT molecular complexity index is 722. The third-order valence-electron chi connectivity index (χ3n) is 3.73. The van der Waals surface area contributed by atoms with Crippen molar-refractivity contribution in [2.24, 2.45) is 0 Å². The number of carbonyl (C=O) groups excluding carboxylic acids is 1. The summed E-state index contributed by atoms with van der Waals surface area (Å²) in [7, 11) is 1.49. The van der Waals surface area contributed by atoms with Gasteiger partial charge in [0, 0.05) is 18.1 Å². The Labute approximate surface area is 145 Å². The fraction of sp³-hybridized carbons (Fsp3) is 0.235. The second kappa shape index (κ2) is 7.27. The van der Waals surface area contributed by atoms with E-state index in [0.717, 1.165) is 16.8 Å². The van der Waals surface area contributed by atoms with Crippen LogP contribution in [0.15, 0.2) is 48.8 Å². The van der Waals surface area contributed by atoms with Crippen LogP contribution < -0.4 is 10.2 Å². The van der Waals surface area contributed by atoms with Crippen LogP contribution in [0.3, 0.4) is 0 Å². The second-order valence-electron chi connectivity index (χ2n) is 5.27. The average molecular weight is 343 g/mol. The van der Waals surface area contributed by atoms with Crippen molar-refractivity contribution in [3.63, 3.8) is 0 Å². The molecule has 7 heteroatoms. The van der Waals surface area contributed by atoms with Crippen LogP contribution in [0, 0.1) is 0 Å². The molecule has 1 N–H and O–H groups in total. The van der Waals surface area contributed by atoms with Gasteiger partial charge in [0.1, 0.15) is 6.10 Å². The van der Waals surface area contributed by atoms with Gasteiger partial charge in [0.05, 0.1) is 20.2 Å². The van der Waals surface area contributed by atoms with Crippen molar-refractivity contribution in [1.29, 1.82) is 0 Å². The Morgan fingerprint density at radius 2 is 1.96 bits per heavy atom. The van der Waals surface area contributed by atoms with E-state index in [1.54, 1.807) is 17.3 Å². The van der Waals surface area contributed by atoms with Gasteiger partial charge in [-0.3, -0.25) is 9.88 Å². The zero-order valence-electron chi connectivity index (χ0n) is 13.1. The molecule has 1 aromatic carbocycles. The smallest absolute Gasteiger partial charge is 0.414 e. The maximum atomic E-state index is 12.1. The molecular weight excluding hydrogens is 326 g/mol. The molecule has 124 valence electrons. The highest BCUT2D eigenvalue weighted by molar-refractivity contribution is 7.80. The minimum atomic E-state index is -0.359. The normalized spacial score (nSPS) is 16.6. The third kappa shape index (κ3) is 3.62. The Balaban J connectivity index is 1.66. The first-order valence-electron chi connectivity index (χ1n) is 7.48. The number of carbonyl (C=O) groups is 1. The molecule has 1 aliphatic rings. The number of aromatic nitrogens is 1. The first-order valence-corrected chi connectivity index (χ1v) is 7.88. The van der Waals surface area contributed by atoms with Gasteiger partial charge in [-0.25, -0.2) is 4.79 Å². The molecule has 0 saturated carbocycles. The number of benzene rings is 1. The Morgan fingerprint density at radius 1 is 1.29 bits per heavy atom. The molecule has 24 heavy (non-hydrogen) atoms. The topological polar surface area (TPSA) is 63.7 Å². The van der Waals surface area contributed by atoms with Crippen molar-refractivity contribution < 1.29 is 14.3 Å². The number of rotatable bonds is 4. The van der Waals surface area contributed by atoms with E-state index in [1.165, 1.54) is 7.11 Å². The van der Waals surface area contributed by atoms with E-state index in [0.29, 0.717) is 13.1 Å². The van der Waals surface area contributed by atoms with Gasteiger partial charge in [-0.2, -0.15) is 0 Å². The SMILES string of the molecule is COC(=S)NC[C@H]1CN(c2ccc(-c3ccncc3)cc2)C(=O)O1. The molecule has 0 bridgehead atoms. The summed E-state index contributed by atoms with van der Waals surface area (Å²) in [4.78, 5) is 17.7. The van der Waals surface area contributed by atoms with Crippen molar-refractivity contribution >= 4 is 29.2 Å². The number of thiocarbonyl (C=S) groups is 1. The van der Waals surface area contributed by atoms with E-state index in [9.17, 15) is 4.79 Å². The van der Waals surface area contributed by atoms with Crippen LogP contribution in [0.1, 0.15) is 0 Å². The summed E-state index contributed by atoms with van der Waals surface area (Å²) >= 11 is 4.91. The Hall–Kier alpha value is -2.67. The molecule has 1 saturated heterocycles. The van der Waals surface area contributed by atoms with Crippen LogP contribution in [-0.2, 0) is 9.47 Å². The largest absolute Gasteiger partial charge is 0.474 e. The van der Waals surface area contributed by atoms with Gasteiger partial charge in [-0.1, -0.05) is 12.1 Å². The predicted molar refractivity (Wildman–Crippen MR) is 94.9 cm³/mol. The molecule has 1 aromatic heterocycles. The molecule has 0 radical (unpaired) electrons. The van der Waals surface area contributed by atoms with E-state index in [2.05, 4.69) is 10.3 Å². The number of anilines is 1. The lowest BCUT2D eigenvalue weighted by Crippen LogP contribution is -2.34. The molecule has 1 fully saturated rings. The maximum Gasteiger partial charge on any atom is 0.414 e. The molecule has 0 unspecified atom stereocenters. The minimum absolute atomic E-state index is 0.273. The van der Waals surface area contributed by atoms with E-state index in [1.807, 2.05) is 36.4 Å². The van der Waals surface area contributed by atoms with E-state index >= 15 is 0 Å². The summed E-state index contributed by atoms with van der Waals surface area (Å²) in [5.74, 6) is 0. The quantitative estimate of drug-likeness (QED) is 0.861. The number of amides is 1. The van der Waals surface area contributed by atoms with Gasteiger partial charge in [-0.05, 0) is 47.6 Å². The van der Waals surface area contributed by atoms with Gasteiger partial charge in [0.2, 0.25) is 0 Å².